The Morgan fingerprint density at radius 1 is 1.07 bits per heavy atom. The van der Waals surface area contributed by atoms with Gasteiger partial charge in [0.2, 0.25) is 0 Å². The number of nitrogens with zero attached hydrogens (tertiary/aromatic N) is 2. The molecular weight excluding hydrogens is 369 g/mol. The lowest BCUT2D eigenvalue weighted by molar-refractivity contribution is 0.255. The number of hydrogen-bond acceptors (Lipinski definition) is 3. The van der Waals surface area contributed by atoms with Crippen molar-refractivity contribution >= 4 is 28.4 Å². The quantitative estimate of drug-likeness (QED) is 0.556. The summed E-state index contributed by atoms with van der Waals surface area (Å²) in [7, 11) is 0. The van der Waals surface area contributed by atoms with Crippen molar-refractivity contribution in [2.24, 2.45) is 0 Å². The van der Waals surface area contributed by atoms with Crippen LogP contribution < -0.4 is 4.90 Å². The van der Waals surface area contributed by atoms with E-state index in [4.69, 9.17) is 0 Å². The first-order valence-electron chi connectivity index (χ1n) is 10.2. The first-order valence-corrected chi connectivity index (χ1v) is 11.2. The highest BCUT2D eigenvalue weighted by atomic mass is 32.2. The lowest BCUT2D eigenvalue weighted by Gasteiger charge is -2.37. The largest absolute Gasteiger partial charge is 0.368 e. The normalized spacial score (nSPS) is 15.4. The molecule has 2 heterocycles. The molecule has 0 atom stereocenters. The molecule has 0 bridgehead atoms. The maximum Gasteiger partial charge on any atom is 0.123 e. The molecular formula is C23H28FN3S. The smallest absolute Gasteiger partial charge is 0.123 e. The molecule has 0 saturated carbocycles. The van der Waals surface area contributed by atoms with Gasteiger partial charge >= 0.3 is 0 Å². The molecule has 0 unspecified atom stereocenters. The lowest BCUT2D eigenvalue weighted by Crippen LogP contribution is -2.46. The number of benzene rings is 2. The molecule has 1 N–H and O–H groups in total. The molecule has 1 saturated heterocycles. The molecule has 1 aromatic heterocycles. The molecule has 4 rings (SSSR count). The second-order valence-corrected chi connectivity index (χ2v) is 8.64. The highest BCUT2D eigenvalue weighted by Crippen LogP contribution is 2.30. The number of aromatic nitrogens is 1. The summed E-state index contributed by atoms with van der Waals surface area (Å²) in [5.41, 5.74) is 3.63. The summed E-state index contributed by atoms with van der Waals surface area (Å²) >= 11 is 1.93. The topological polar surface area (TPSA) is 22.3 Å². The molecule has 0 aliphatic carbocycles. The first-order chi connectivity index (χ1) is 13.7. The fraction of sp³-hybridized carbons (Fsp3) is 0.391. The minimum absolute atomic E-state index is 0.161. The SMILES string of the molecule is CCSc1ccccc1N1CCN(CCCc2c[nH]c3ccc(F)cc23)CC1. The number of aryl methyl sites for hydroxylation is 1. The zero-order valence-corrected chi connectivity index (χ0v) is 17.3. The van der Waals surface area contributed by atoms with E-state index >= 15 is 0 Å². The van der Waals surface area contributed by atoms with Crippen LogP contribution in [0.4, 0.5) is 10.1 Å². The summed E-state index contributed by atoms with van der Waals surface area (Å²) in [5, 5.41) is 1.02. The predicted molar refractivity (Wildman–Crippen MR) is 118 cm³/mol. The van der Waals surface area contributed by atoms with Crippen molar-refractivity contribution in [3.05, 3.63) is 60.0 Å². The first kappa shape index (κ1) is 19.3. The minimum atomic E-state index is -0.161. The van der Waals surface area contributed by atoms with Crippen molar-refractivity contribution in [3.8, 4) is 0 Å². The summed E-state index contributed by atoms with van der Waals surface area (Å²) in [5.74, 6) is 0.945. The van der Waals surface area contributed by atoms with Gasteiger partial charge < -0.3 is 9.88 Å². The Bertz CT molecular complexity index is 915. The van der Waals surface area contributed by atoms with E-state index < -0.39 is 0 Å². The second-order valence-electron chi connectivity index (χ2n) is 7.34. The van der Waals surface area contributed by atoms with E-state index in [1.165, 1.54) is 22.2 Å². The average Bonchev–Trinajstić information content (AvgIpc) is 3.11. The highest BCUT2D eigenvalue weighted by Gasteiger charge is 2.19. The molecule has 2 aromatic carbocycles. The standard InChI is InChI=1S/C23H28FN3S/c1-2-28-23-8-4-3-7-22(23)27-14-12-26(13-15-27)11-5-6-18-17-25-21-10-9-19(24)16-20(18)21/h3-4,7-10,16-17,25H,2,5-6,11-15H2,1H3. The van der Waals surface area contributed by atoms with Crippen LogP contribution >= 0.6 is 11.8 Å². The number of hydrogen-bond donors (Lipinski definition) is 1. The van der Waals surface area contributed by atoms with Crippen LogP contribution in [0.2, 0.25) is 0 Å². The predicted octanol–water partition coefficient (Wildman–Crippen LogP) is 5.17. The number of aromatic amines is 1. The zero-order chi connectivity index (χ0) is 19.3. The third-order valence-electron chi connectivity index (χ3n) is 5.53. The van der Waals surface area contributed by atoms with Crippen LogP contribution in [-0.4, -0.2) is 48.4 Å². The fourth-order valence-electron chi connectivity index (χ4n) is 4.06. The van der Waals surface area contributed by atoms with Gasteiger partial charge in [0.05, 0.1) is 5.69 Å². The number of nitrogens with one attached hydrogen (secondary N) is 1. The zero-order valence-electron chi connectivity index (χ0n) is 16.5. The highest BCUT2D eigenvalue weighted by molar-refractivity contribution is 7.99. The minimum Gasteiger partial charge on any atom is -0.368 e. The van der Waals surface area contributed by atoms with Crippen molar-refractivity contribution in [2.75, 3.05) is 43.4 Å². The van der Waals surface area contributed by atoms with Crippen molar-refractivity contribution in [2.45, 2.75) is 24.7 Å². The Morgan fingerprint density at radius 3 is 2.71 bits per heavy atom. The van der Waals surface area contributed by atoms with Crippen LogP contribution in [0.5, 0.6) is 0 Å². The third-order valence-corrected chi connectivity index (χ3v) is 6.47. The van der Waals surface area contributed by atoms with Crippen LogP contribution in [0, 0.1) is 5.82 Å². The molecule has 148 valence electrons. The van der Waals surface area contributed by atoms with E-state index in [0.717, 1.165) is 62.2 Å². The molecule has 0 spiro atoms. The summed E-state index contributed by atoms with van der Waals surface area (Å²) < 4.78 is 13.5. The van der Waals surface area contributed by atoms with E-state index in [0.29, 0.717) is 0 Å². The van der Waals surface area contributed by atoms with Gasteiger partial charge in [0.1, 0.15) is 5.82 Å². The van der Waals surface area contributed by atoms with Gasteiger partial charge in [-0.05, 0) is 61.0 Å². The Morgan fingerprint density at radius 2 is 1.89 bits per heavy atom. The Balaban J connectivity index is 1.28. The van der Waals surface area contributed by atoms with E-state index in [2.05, 4.69) is 46.0 Å². The number of rotatable bonds is 7. The number of fused-ring (bicyclic) bond motifs is 1. The van der Waals surface area contributed by atoms with Gasteiger partial charge in [-0.15, -0.1) is 11.8 Å². The van der Waals surface area contributed by atoms with E-state index in [1.54, 1.807) is 6.07 Å². The molecule has 1 aliphatic rings. The molecule has 5 heteroatoms. The van der Waals surface area contributed by atoms with Crippen molar-refractivity contribution in [1.29, 1.82) is 0 Å². The van der Waals surface area contributed by atoms with Gasteiger partial charge in [-0.3, -0.25) is 4.90 Å². The monoisotopic (exact) mass is 397 g/mol. The number of piperazine rings is 1. The summed E-state index contributed by atoms with van der Waals surface area (Å²) in [6.07, 6.45) is 4.12. The lowest BCUT2D eigenvalue weighted by atomic mass is 10.1. The van der Waals surface area contributed by atoms with Gasteiger partial charge in [0.15, 0.2) is 0 Å². The maximum atomic E-state index is 13.5. The number of halogens is 1. The van der Waals surface area contributed by atoms with Gasteiger partial charge in [0.25, 0.3) is 0 Å². The fourth-order valence-corrected chi connectivity index (χ4v) is 4.89. The number of para-hydroxylation sites is 1. The molecule has 0 radical (unpaired) electrons. The number of anilines is 1. The van der Waals surface area contributed by atoms with Gasteiger partial charge in [-0.2, -0.15) is 0 Å². The number of H-pyrrole nitrogens is 1. The molecule has 0 amide bonds. The van der Waals surface area contributed by atoms with Crippen molar-refractivity contribution in [1.82, 2.24) is 9.88 Å². The Hall–Kier alpha value is -1.98. The number of thioether (sulfide) groups is 1. The third kappa shape index (κ3) is 4.36. The van der Waals surface area contributed by atoms with Gasteiger partial charge in [0, 0.05) is 48.2 Å². The molecule has 3 aromatic rings. The average molecular weight is 398 g/mol. The van der Waals surface area contributed by atoms with Crippen LogP contribution in [0.15, 0.2) is 53.6 Å². The van der Waals surface area contributed by atoms with E-state index in [-0.39, 0.29) is 5.82 Å². The molecule has 3 nitrogen and oxygen atoms in total. The maximum absolute atomic E-state index is 13.5. The van der Waals surface area contributed by atoms with Crippen molar-refractivity contribution in [3.63, 3.8) is 0 Å². The molecule has 1 aliphatic heterocycles. The van der Waals surface area contributed by atoms with Gasteiger partial charge in [-0.25, -0.2) is 4.39 Å². The second kappa shape index (κ2) is 9.01. The van der Waals surface area contributed by atoms with Crippen molar-refractivity contribution < 1.29 is 4.39 Å². The Kier molecular flexibility index (Phi) is 6.23. The van der Waals surface area contributed by atoms with Crippen LogP contribution in [-0.2, 0) is 6.42 Å². The molecule has 28 heavy (non-hydrogen) atoms. The van der Waals surface area contributed by atoms with Crippen LogP contribution in [0.25, 0.3) is 10.9 Å². The summed E-state index contributed by atoms with van der Waals surface area (Å²) in [6, 6.07) is 13.7. The summed E-state index contributed by atoms with van der Waals surface area (Å²) in [4.78, 5) is 9.73. The van der Waals surface area contributed by atoms with E-state index in [1.807, 2.05) is 24.0 Å². The van der Waals surface area contributed by atoms with Crippen LogP contribution in [0.1, 0.15) is 18.9 Å². The van der Waals surface area contributed by atoms with Crippen LogP contribution in [0.3, 0.4) is 0 Å². The van der Waals surface area contributed by atoms with Gasteiger partial charge in [-0.1, -0.05) is 19.1 Å². The van der Waals surface area contributed by atoms with E-state index in [9.17, 15) is 4.39 Å². The molecule has 1 fully saturated rings. The summed E-state index contributed by atoms with van der Waals surface area (Å²) in [6.45, 7) is 7.68. The Labute approximate surface area is 170 Å².